The minimum absolute atomic E-state index is 0.0490. The van der Waals surface area contributed by atoms with Gasteiger partial charge in [-0.2, -0.15) is 0 Å². The lowest BCUT2D eigenvalue weighted by Gasteiger charge is -2.47. The van der Waals surface area contributed by atoms with E-state index in [9.17, 15) is 35.1 Å². The lowest BCUT2D eigenvalue weighted by molar-refractivity contribution is -0.106. The predicted octanol–water partition coefficient (Wildman–Crippen LogP) is 4.50. The van der Waals surface area contributed by atoms with Gasteiger partial charge < -0.3 is 49.2 Å². The molecule has 2 heterocycles. The van der Waals surface area contributed by atoms with Crippen molar-refractivity contribution in [3.63, 3.8) is 0 Å². The van der Waals surface area contributed by atoms with E-state index in [-0.39, 0.29) is 36.5 Å². The fourth-order valence-corrected chi connectivity index (χ4v) is 7.14. The summed E-state index contributed by atoms with van der Waals surface area (Å²) in [6.07, 6.45) is -1.84. The number of aliphatic hydroxyl groups is 5. The predicted molar refractivity (Wildman–Crippen MR) is 185 cm³/mol. The van der Waals surface area contributed by atoms with Gasteiger partial charge in [0.15, 0.2) is 8.32 Å². The van der Waals surface area contributed by atoms with Crippen LogP contribution in [0.3, 0.4) is 0 Å². The highest BCUT2D eigenvalue weighted by Gasteiger charge is 2.47. The maximum atomic E-state index is 12.3. The first-order valence-electron chi connectivity index (χ1n) is 17.1. The summed E-state index contributed by atoms with van der Waals surface area (Å²) in [5, 5.41) is 50.3. The number of aliphatic hydroxyl groups excluding tert-OH is 5. The number of nitrogens with zero attached hydrogens (tertiary/aromatic N) is 2. The highest BCUT2D eigenvalue weighted by atomic mass is 28.4. The van der Waals surface area contributed by atoms with Crippen molar-refractivity contribution >= 4 is 20.5 Å². The molecular formula is C34H68N2O10Si. The number of hydrogen-bond donors (Lipinski definition) is 5. The first-order valence-corrected chi connectivity index (χ1v) is 20.0. The molecule has 2 rings (SSSR count). The minimum atomic E-state index is -2.02. The van der Waals surface area contributed by atoms with Crippen molar-refractivity contribution in [2.45, 2.75) is 156 Å². The van der Waals surface area contributed by atoms with Crippen LogP contribution in [0.1, 0.15) is 102 Å². The molecule has 5 N–H and O–H groups in total. The van der Waals surface area contributed by atoms with Gasteiger partial charge in [-0.25, -0.2) is 9.59 Å². The Balaban J connectivity index is 0.000000491. The van der Waals surface area contributed by atoms with Gasteiger partial charge in [0.25, 0.3) is 0 Å². The van der Waals surface area contributed by atoms with Crippen molar-refractivity contribution in [3.05, 3.63) is 0 Å². The van der Waals surface area contributed by atoms with E-state index >= 15 is 0 Å². The van der Waals surface area contributed by atoms with Crippen molar-refractivity contribution in [1.82, 2.24) is 9.80 Å². The zero-order valence-electron chi connectivity index (χ0n) is 31.6. The first-order chi connectivity index (χ1) is 21.2. The van der Waals surface area contributed by atoms with Crippen LogP contribution < -0.4 is 0 Å². The van der Waals surface area contributed by atoms with Gasteiger partial charge in [-0.3, -0.25) is 0 Å². The maximum Gasteiger partial charge on any atom is 0.410 e. The van der Waals surface area contributed by atoms with Crippen LogP contribution in [-0.4, -0.2) is 131 Å². The van der Waals surface area contributed by atoms with Gasteiger partial charge in [0, 0.05) is 37.0 Å². The minimum Gasteiger partial charge on any atom is -0.444 e. The third-order valence-corrected chi connectivity index (χ3v) is 14.5. The van der Waals surface area contributed by atoms with Crippen LogP contribution in [0.5, 0.6) is 0 Å². The van der Waals surface area contributed by atoms with Crippen LogP contribution in [0.2, 0.25) is 18.1 Å². The quantitative estimate of drug-likeness (QED) is 0.228. The lowest BCUT2D eigenvalue weighted by atomic mass is 9.73. The molecule has 0 aliphatic carbocycles. The number of piperidine rings is 2. The summed E-state index contributed by atoms with van der Waals surface area (Å²) in [6, 6.07) is 0. The molecule has 2 aliphatic rings. The second-order valence-electron chi connectivity index (χ2n) is 17.2. The molecule has 47 heavy (non-hydrogen) atoms. The number of ether oxygens (including phenoxy) is 2. The van der Waals surface area contributed by atoms with Gasteiger partial charge >= 0.3 is 12.2 Å². The molecule has 0 aromatic heterocycles. The zero-order chi connectivity index (χ0) is 36.8. The number of carbonyl (C=O) groups excluding carboxylic acids is 2. The van der Waals surface area contributed by atoms with Crippen LogP contribution >= 0.6 is 0 Å². The third-order valence-electron chi connectivity index (χ3n) is 9.89. The summed E-state index contributed by atoms with van der Waals surface area (Å²) in [5.74, 6) is 0. The highest BCUT2D eigenvalue weighted by molar-refractivity contribution is 6.74. The normalized spacial score (nSPS) is 21.5. The fourth-order valence-electron chi connectivity index (χ4n) is 5.73. The molecule has 2 aliphatic heterocycles. The summed E-state index contributed by atoms with van der Waals surface area (Å²) in [7, 11) is -2.02. The fraction of sp³-hybridized carbons (Fsp3) is 0.941. The van der Waals surface area contributed by atoms with Crippen LogP contribution in [0, 0.1) is 10.8 Å². The monoisotopic (exact) mass is 692 g/mol. The number of hydrogen-bond acceptors (Lipinski definition) is 10. The SMILES string of the molecule is C[C@H](O)C(O)C1(CO)CCN(C(=O)OC(C)(C)C)CC1.C[C@H](O[Si](C)(C)C(C)(C)C)C(O)C1(CO)CCN(C(=O)OC(C)(C)C)CC1. The Morgan fingerprint density at radius 3 is 1.26 bits per heavy atom. The second-order valence-corrected chi connectivity index (χ2v) is 21.9. The molecule has 0 saturated carbocycles. The summed E-state index contributed by atoms with van der Waals surface area (Å²) in [4.78, 5) is 27.5. The van der Waals surface area contributed by atoms with Crippen molar-refractivity contribution < 1.29 is 49.0 Å². The summed E-state index contributed by atoms with van der Waals surface area (Å²) >= 11 is 0. The van der Waals surface area contributed by atoms with E-state index < -0.39 is 48.7 Å². The summed E-state index contributed by atoms with van der Waals surface area (Å²) < 4.78 is 17.1. The average molecular weight is 693 g/mol. The Labute approximate surface area is 284 Å². The highest BCUT2D eigenvalue weighted by Crippen LogP contribution is 2.42. The molecule has 0 aromatic rings. The van der Waals surface area contributed by atoms with E-state index in [0.29, 0.717) is 51.9 Å². The zero-order valence-corrected chi connectivity index (χ0v) is 32.6. The average Bonchev–Trinajstić information content (AvgIpc) is 2.94. The van der Waals surface area contributed by atoms with E-state index in [1.54, 1.807) is 9.80 Å². The molecule has 0 spiro atoms. The Kier molecular flexibility index (Phi) is 15.3. The molecule has 0 bridgehead atoms. The number of likely N-dealkylation sites (tertiary alicyclic amines) is 2. The maximum absolute atomic E-state index is 12.3. The molecule has 2 unspecified atom stereocenters. The molecule has 13 heteroatoms. The van der Waals surface area contributed by atoms with Crippen LogP contribution in [0.15, 0.2) is 0 Å². The Bertz CT molecular complexity index is 986. The van der Waals surface area contributed by atoms with Gasteiger partial charge in [-0.1, -0.05) is 20.8 Å². The third kappa shape index (κ3) is 12.4. The van der Waals surface area contributed by atoms with Crippen LogP contribution in [0.4, 0.5) is 9.59 Å². The smallest absolute Gasteiger partial charge is 0.410 e. The van der Waals surface area contributed by atoms with Gasteiger partial charge in [-0.05, 0) is 99.2 Å². The molecule has 0 aromatic carbocycles. The van der Waals surface area contributed by atoms with Gasteiger partial charge in [-0.15, -0.1) is 0 Å². The van der Waals surface area contributed by atoms with E-state index in [1.165, 1.54) is 6.92 Å². The van der Waals surface area contributed by atoms with Crippen molar-refractivity contribution in [3.8, 4) is 0 Å². The van der Waals surface area contributed by atoms with E-state index in [4.69, 9.17) is 13.9 Å². The number of rotatable bonds is 8. The van der Waals surface area contributed by atoms with Gasteiger partial charge in [0.2, 0.25) is 0 Å². The van der Waals surface area contributed by atoms with Crippen LogP contribution in [0.25, 0.3) is 0 Å². The molecule has 4 atom stereocenters. The second kappa shape index (κ2) is 16.5. The van der Waals surface area contributed by atoms with Gasteiger partial charge in [0.05, 0.1) is 37.6 Å². The number of amides is 2. The van der Waals surface area contributed by atoms with E-state index in [1.807, 2.05) is 48.5 Å². The van der Waals surface area contributed by atoms with E-state index in [2.05, 4.69) is 33.9 Å². The van der Waals surface area contributed by atoms with Crippen molar-refractivity contribution in [2.75, 3.05) is 39.4 Å². The molecule has 278 valence electrons. The van der Waals surface area contributed by atoms with Crippen molar-refractivity contribution in [2.24, 2.45) is 10.8 Å². The summed E-state index contributed by atoms with van der Waals surface area (Å²) in [5.41, 5.74) is -2.47. The standard InChI is InChI=1S/C20H41NO5Si.C14H27NO5/c1-15(26-27(8,9)19(5,6)7)16(23)20(14-22)10-12-21(13-11-20)17(24)25-18(2,3)4;1-10(17)11(18)14(9-16)5-7-15(8-6-14)12(19)20-13(2,3)4/h15-16,22-23H,10-14H2,1-9H3;10-11,16-18H,5-9H2,1-4H3/t15-,16?;10-,11?/m00/s1. The van der Waals surface area contributed by atoms with E-state index in [0.717, 1.165) is 0 Å². The lowest BCUT2D eigenvalue weighted by Crippen LogP contribution is -2.56. The molecular weight excluding hydrogens is 624 g/mol. The summed E-state index contributed by atoms with van der Waals surface area (Å²) in [6.45, 7) is 26.6. The van der Waals surface area contributed by atoms with Crippen LogP contribution in [-0.2, 0) is 13.9 Å². The topological polar surface area (TPSA) is 169 Å². The largest absolute Gasteiger partial charge is 0.444 e. The molecule has 0 radical (unpaired) electrons. The Morgan fingerprint density at radius 1 is 0.681 bits per heavy atom. The molecule has 2 amide bonds. The van der Waals surface area contributed by atoms with Crippen molar-refractivity contribution in [1.29, 1.82) is 0 Å². The Hall–Kier alpha value is -1.48. The molecule has 12 nitrogen and oxygen atoms in total. The Morgan fingerprint density at radius 2 is 1.00 bits per heavy atom. The van der Waals surface area contributed by atoms with Gasteiger partial charge in [0.1, 0.15) is 11.2 Å². The molecule has 2 fully saturated rings. The first kappa shape index (κ1) is 43.5. The molecule has 2 saturated heterocycles. The number of carbonyl (C=O) groups is 2.